The molecule has 33 heavy (non-hydrogen) atoms. The Morgan fingerprint density at radius 2 is 1.76 bits per heavy atom. The zero-order chi connectivity index (χ0) is 23.2. The van der Waals surface area contributed by atoms with Gasteiger partial charge in [0.05, 0.1) is 24.7 Å². The summed E-state index contributed by atoms with van der Waals surface area (Å²) in [5.74, 6) is 0.964. The second-order valence-electron chi connectivity index (χ2n) is 7.49. The molecule has 6 nitrogen and oxygen atoms in total. The Hall–Kier alpha value is -4.14. The molecule has 0 aliphatic rings. The van der Waals surface area contributed by atoms with E-state index in [2.05, 4.69) is 10.1 Å². The van der Waals surface area contributed by atoms with Crippen LogP contribution in [0.5, 0.6) is 5.75 Å². The Bertz CT molecular complexity index is 1550. The molecule has 0 atom stereocenters. The molecule has 0 saturated carbocycles. The van der Waals surface area contributed by atoms with Crippen molar-refractivity contribution >= 4 is 16.6 Å². The van der Waals surface area contributed by atoms with Crippen molar-refractivity contribution in [1.29, 1.82) is 0 Å². The van der Waals surface area contributed by atoms with Crippen molar-refractivity contribution in [2.75, 3.05) is 7.11 Å². The summed E-state index contributed by atoms with van der Waals surface area (Å²) in [6, 6.07) is 19.2. The number of halogens is 3. The summed E-state index contributed by atoms with van der Waals surface area (Å²) in [5, 5.41) is 5.06. The minimum atomic E-state index is -4.47. The molecule has 166 valence electrons. The lowest BCUT2D eigenvalue weighted by Gasteiger charge is -2.13. The Kier molecular flexibility index (Phi) is 4.88. The maximum Gasteiger partial charge on any atom is 0.416 e. The van der Waals surface area contributed by atoms with Crippen LogP contribution in [-0.4, -0.2) is 26.3 Å². The minimum Gasteiger partial charge on any atom is -0.497 e. The van der Waals surface area contributed by atoms with Gasteiger partial charge in [0.2, 0.25) is 0 Å². The fourth-order valence-electron chi connectivity index (χ4n) is 3.80. The standard InChI is InChI=1S/C24H17F3N4O2/c1-33-18-9-5-7-16(13-18)21-28-22-19-10-2-3-11-20(19)30(23(32)31(22)29-21)14-15-6-4-8-17(12-15)24(25,26)27/h2-13H,14H2,1H3. The number of rotatable bonds is 4. The second kappa shape index (κ2) is 7.77. The van der Waals surface area contributed by atoms with E-state index in [1.165, 1.54) is 15.1 Å². The number of methoxy groups -OCH3 is 1. The highest BCUT2D eigenvalue weighted by atomic mass is 19.4. The highest BCUT2D eigenvalue weighted by Gasteiger charge is 2.30. The minimum absolute atomic E-state index is 0.0481. The van der Waals surface area contributed by atoms with Crippen LogP contribution in [0.15, 0.2) is 77.6 Å². The smallest absolute Gasteiger partial charge is 0.416 e. The van der Waals surface area contributed by atoms with Crippen LogP contribution < -0.4 is 10.4 Å². The summed E-state index contributed by atoms with van der Waals surface area (Å²) in [6.07, 6.45) is -4.47. The van der Waals surface area contributed by atoms with Crippen LogP contribution >= 0.6 is 0 Å². The van der Waals surface area contributed by atoms with Crippen molar-refractivity contribution in [2.24, 2.45) is 0 Å². The average Bonchev–Trinajstić information content (AvgIpc) is 3.28. The zero-order valence-electron chi connectivity index (χ0n) is 17.4. The first-order valence-corrected chi connectivity index (χ1v) is 10.0. The summed E-state index contributed by atoms with van der Waals surface area (Å²) < 4.78 is 47.3. The predicted octanol–water partition coefficient (Wildman–Crippen LogP) is 4.79. The molecule has 5 rings (SSSR count). The van der Waals surface area contributed by atoms with Gasteiger partial charge in [0, 0.05) is 10.9 Å². The number of para-hydroxylation sites is 1. The third-order valence-electron chi connectivity index (χ3n) is 5.38. The fraction of sp³-hybridized carbons (Fsp3) is 0.125. The van der Waals surface area contributed by atoms with Crippen LogP contribution in [0.2, 0.25) is 0 Å². The van der Waals surface area contributed by atoms with Crippen molar-refractivity contribution in [2.45, 2.75) is 12.7 Å². The summed E-state index contributed by atoms with van der Waals surface area (Å²) >= 11 is 0. The molecule has 0 N–H and O–H groups in total. The number of ether oxygens (including phenoxy) is 1. The highest BCUT2D eigenvalue weighted by Crippen LogP contribution is 2.30. The van der Waals surface area contributed by atoms with Crippen LogP contribution in [0.25, 0.3) is 27.9 Å². The maximum atomic E-state index is 13.4. The maximum absolute atomic E-state index is 13.4. The van der Waals surface area contributed by atoms with Crippen molar-refractivity contribution in [3.63, 3.8) is 0 Å². The van der Waals surface area contributed by atoms with Gasteiger partial charge < -0.3 is 4.74 Å². The number of benzene rings is 3. The first-order chi connectivity index (χ1) is 15.8. The van der Waals surface area contributed by atoms with Crippen molar-refractivity contribution in [1.82, 2.24) is 19.2 Å². The molecule has 0 amide bonds. The lowest BCUT2D eigenvalue weighted by atomic mass is 10.1. The Labute approximate surface area is 185 Å². The van der Waals surface area contributed by atoms with Crippen LogP contribution in [0.4, 0.5) is 13.2 Å². The Morgan fingerprint density at radius 1 is 0.970 bits per heavy atom. The van der Waals surface area contributed by atoms with E-state index >= 15 is 0 Å². The predicted molar refractivity (Wildman–Crippen MR) is 117 cm³/mol. The van der Waals surface area contributed by atoms with E-state index in [1.54, 1.807) is 61.7 Å². The molecule has 0 saturated heterocycles. The molecule has 0 spiro atoms. The van der Waals surface area contributed by atoms with Gasteiger partial charge in [-0.1, -0.05) is 36.4 Å². The monoisotopic (exact) mass is 450 g/mol. The van der Waals surface area contributed by atoms with E-state index in [-0.39, 0.29) is 6.54 Å². The normalized spacial score (nSPS) is 11.9. The van der Waals surface area contributed by atoms with Crippen LogP contribution in [0.1, 0.15) is 11.1 Å². The lowest BCUT2D eigenvalue weighted by Crippen LogP contribution is -2.28. The van der Waals surface area contributed by atoms with E-state index in [0.717, 1.165) is 12.1 Å². The summed E-state index contributed by atoms with van der Waals surface area (Å²) in [6.45, 7) is -0.0481. The summed E-state index contributed by atoms with van der Waals surface area (Å²) in [4.78, 5) is 17.9. The zero-order valence-corrected chi connectivity index (χ0v) is 17.4. The molecular formula is C24H17F3N4O2. The first kappa shape index (κ1) is 20.7. The molecule has 9 heteroatoms. The molecule has 0 unspecified atom stereocenters. The van der Waals surface area contributed by atoms with E-state index in [9.17, 15) is 18.0 Å². The van der Waals surface area contributed by atoms with E-state index in [0.29, 0.717) is 39.3 Å². The van der Waals surface area contributed by atoms with E-state index in [4.69, 9.17) is 4.74 Å². The Balaban J connectivity index is 1.70. The van der Waals surface area contributed by atoms with Gasteiger partial charge in [-0.2, -0.15) is 17.7 Å². The first-order valence-electron chi connectivity index (χ1n) is 10.0. The van der Waals surface area contributed by atoms with Crippen LogP contribution in [0, 0.1) is 0 Å². The van der Waals surface area contributed by atoms with E-state index < -0.39 is 17.4 Å². The quantitative estimate of drug-likeness (QED) is 0.395. The average molecular weight is 450 g/mol. The third-order valence-corrected chi connectivity index (χ3v) is 5.38. The number of alkyl halides is 3. The van der Waals surface area contributed by atoms with Gasteiger partial charge in [0.15, 0.2) is 11.5 Å². The molecule has 2 aromatic heterocycles. The van der Waals surface area contributed by atoms with Crippen LogP contribution in [0.3, 0.4) is 0 Å². The van der Waals surface area contributed by atoms with Gasteiger partial charge in [-0.25, -0.2) is 9.78 Å². The molecule has 0 bridgehead atoms. The Morgan fingerprint density at radius 3 is 2.55 bits per heavy atom. The number of aromatic nitrogens is 4. The molecule has 3 aromatic carbocycles. The topological polar surface area (TPSA) is 61.4 Å². The number of hydrogen-bond acceptors (Lipinski definition) is 4. The SMILES string of the molecule is COc1cccc(-c2nc3c4ccccc4n(Cc4cccc(C(F)(F)F)c4)c(=O)n3n2)c1. The molecule has 5 aromatic rings. The van der Waals surface area contributed by atoms with Crippen LogP contribution in [-0.2, 0) is 12.7 Å². The number of nitrogens with zero attached hydrogens (tertiary/aromatic N) is 4. The van der Waals surface area contributed by atoms with Crippen molar-refractivity contribution < 1.29 is 17.9 Å². The molecule has 2 heterocycles. The second-order valence-corrected chi connectivity index (χ2v) is 7.49. The fourth-order valence-corrected chi connectivity index (χ4v) is 3.80. The lowest BCUT2D eigenvalue weighted by molar-refractivity contribution is -0.137. The highest BCUT2D eigenvalue weighted by molar-refractivity contribution is 5.92. The third kappa shape index (κ3) is 3.71. The van der Waals surface area contributed by atoms with Gasteiger partial charge in [-0.3, -0.25) is 4.57 Å². The van der Waals surface area contributed by atoms with Gasteiger partial charge in [-0.15, -0.1) is 5.10 Å². The number of hydrogen-bond donors (Lipinski definition) is 0. The van der Waals surface area contributed by atoms with Gasteiger partial charge in [0.1, 0.15) is 5.75 Å². The largest absolute Gasteiger partial charge is 0.497 e. The number of fused-ring (bicyclic) bond motifs is 3. The summed E-state index contributed by atoms with van der Waals surface area (Å²) in [7, 11) is 1.55. The molecule has 0 aliphatic carbocycles. The summed E-state index contributed by atoms with van der Waals surface area (Å²) in [5.41, 5.74) is 0.684. The van der Waals surface area contributed by atoms with Gasteiger partial charge in [-0.05, 0) is 42.0 Å². The van der Waals surface area contributed by atoms with Crippen molar-refractivity contribution in [3.8, 4) is 17.1 Å². The van der Waals surface area contributed by atoms with E-state index in [1.807, 2.05) is 0 Å². The molecule has 0 fully saturated rings. The molecule has 0 aliphatic heterocycles. The van der Waals surface area contributed by atoms with Gasteiger partial charge in [0.25, 0.3) is 0 Å². The van der Waals surface area contributed by atoms with Gasteiger partial charge >= 0.3 is 11.9 Å². The molecule has 0 radical (unpaired) electrons. The molecular weight excluding hydrogens is 433 g/mol. The van der Waals surface area contributed by atoms with Crippen molar-refractivity contribution in [3.05, 3.63) is 94.4 Å².